The first-order chi connectivity index (χ1) is 12.3. The summed E-state index contributed by atoms with van der Waals surface area (Å²) in [6.07, 6.45) is 0. The van der Waals surface area contributed by atoms with Crippen LogP contribution in [0, 0.1) is 0 Å². The van der Waals surface area contributed by atoms with Gasteiger partial charge in [0.2, 0.25) is 19.0 Å². The average molecular weight is 334 g/mol. The molecule has 122 valence electrons. The molecule has 6 heteroatoms. The Morgan fingerprint density at radius 2 is 1.40 bits per heavy atom. The van der Waals surface area contributed by atoms with Crippen LogP contribution in [0.25, 0.3) is 32.7 Å². The van der Waals surface area contributed by atoms with E-state index in [1.165, 1.54) is 0 Å². The van der Waals surface area contributed by atoms with Crippen molar-refractivity contribution in [1.29, 1.82) is 0 Å². The Morgan fingerprint density at radius 3 is 2.32 bits per heavy atom. The van der Waals surface area contributed by atoms with Gasteiger partial charge < -0.3 is 23.4 Å². The fraction of sp³-hybridized carbons (Fsp3) is 0.105. The maximum absolute atomic E-state index is 13.0. The Labute approximate surface area is 140 Å². The number of fused-ring (bicyclic) bond motifs is 6. The Kier molecular flexibility index (Phi) is 2.26. The molecule has 0 spiro atoms. The number of hydrogen-bond acceptors (Lipinski definition) is 6. The highest BCUT2D eigenvalue weighted by molar-refractivity contribution is 6.02. The third-order valence-corrected chi connectivity index (χ3v) is 4.64. The smallest absolute Gasteiger partial charge is 0.231 e. The van der Waals surface area contributed by atoms with E-state index in [9.17, 15) is 4.79 Å². The molecule has 0 atom stereocenters. The lowest BCUT2D eigenvalue weighted by Gasteiger charge is -2.06. The molecule has 0 saturated carbocycles. The molecule has 2 aliphatic heterocycles. The van der Waals surface area contributed by atoms with Gasteiger partial charge in [-0.15, -0.1) is 0 Å². The molecule has 0 saturated heterocycles. The van der Waals surface area contributed by atoms with Crippen molar-refractivity contribution in [2.24, 2.45) is 0 Å². The molecule has 0 bridgehead atoms. The van der Waals surface area contributed by atoms with Crippen molar-refractivity contribution in [3.05, 3.63) is 46.6 Å². The molecule has 4 aromatic rings. The van der Waals surface area contributed by atoms with Crippen molar-refractivity contribution in [3.8, 4) is 23.0 Å². The van der Waals surface area contributed by atoms with Crippen LogP contribution in [-0.2, 0) is 0 Å². The highest BCUT2D eigenvalue weighted by atomic mass is 16.7. The second-order valence-electron chi connectivity index (χ2n) is 6.00. The third-order valence-electron chi connectivity index (χ3n) is 4.64. The zero-order chi connectivity index (χ0) is 16.5. The predicted octanol–water partition coefficient (Wildman–Crippen LogP) is 3.56. The minimum absolute atomic E-state index is 0.118. The maximum atomic E-state index is 13.0. The first-order valence-corrected chi connectivity index (χ1v) is 7.80. The highest BCUT2D eigenvalue weighted by Gasteiger charge is 2.20. The molecule has 3 heterocycles. The SMILES string of the molecule is O=c1c2cc3c(cc2oc2cc4ccc5c(c4cc12)OCO5)OCO3. The van der Waals surface area contributed by atoms with Crippen molar-refractivity contribution in [2.75, 3.05) is 13.6 Å². The Morgan fingerprint density at radius 1 is 0.680 bits per heavy atom. The van der Waals surface area contributed by atoms with Gasteiger partial charge in [-0.1, -0.05) is 6.07 Å². The Bertz CT molecular complexity index is 1270. The van der Waals surface area contributed by atoms with Crippen LogP contribution in [0.2, 0.25) is 0 Å². The van der Waals surface area contributed by atoms with E-state index in [1.807, 2.05) is 18.2 Å². The Balaban J connectivity index is 1.76. The van der Waals surface area contributed by atoms with Crippen LogP contribution in [0.1, 0.15) is 0 Å². The average Bonchev–Trinajstić information content (AvgIpc) is 3.27. The molecule has 0 radical (unpaired) electrons. The van der Waals surface area contributed by atoms with Gasteiger partial charge in [0.15, 0.2) is 23.0 Å². The number of rotatable bonds is 0. The predicted molar refractivity (Wildman–Crippen MR) is 89.7 cm³/mol. The van der Waals surface area contributed by atoms with Crippen LogP contribution < -0.4 is 24.4 Å². The van der Waals surface area contributed by atoms with Crippen LogP contribution in [0.4, 0.5) is 0 Å². The lowest BCUT2D eigenvalue weighted by atomic mass is 10.0. The van der Waals surface area contributed by atoms with Gasteiger partial charge in [0, 0.05) is 11.5 Å². The molecule has 0 fully saturated rings. The lowest BCUT2D eigenvalue weighted by molar-refractivity contribution is 0.174. The monoisotopic (exact) mass is 334 g/mol. The molecule has 3 aromatic carbocycles. The molecule has 0 unspecified atom stereocenters. The van der Waals surface area contributed by atoms with Crippen LogP contribution in [0.3, 0.4) is 0 Å². The molecule has 0 aliphatic carbocycles. The second-order valence-corrected chi connectivity index (χ2v) is 6.00. The van der Waals surface area contributed by atoms with Gasteiger partial charge in [-0.05, 0) is 29.7 Å². The third kappa shape index (κ3) is 1.65. The number of ether oxygens (including phenoxy) is 4. The van der Waals surface area contributed by atoms with Crippen molar-refractivity contribution in [2.45, 2.75) is 0 Å². The van der Waals surface area contributed by atoms with E-state index in [4.69, 9.17) is 23.4 Å². The molecular formula is C19H10O6. The first-order valence-electron chi connectivity index (χ1n) is 7.80. The van der Waals surface area contributed by atoms with Crippen LogP contribution in [0.5, 0.6) is 23.0 Å². The second kappa shape index (κ2) is 4.36. The maximum Gasteiger partial charge on any atom is 0.231 e. The summed E-state index contributed by atoms with van der Waals surface area (Å²) in [6, 6.07) is 10.8. The van der Waals surface area contributed by atoms with Gasteiger partial charge in [-0.25, -0.2) is 0 Å². The first kappa shape index (κ1) is 12.9. The molecule has 6 nitrogen and oxygen atoms in total. The minimum Gasteiger partial charge on any atom is -0.456 e. The fourth-order valence-electron chi connectivity index (χ4n) is 3.43. The summed E-state index contributed by atoms with van der Waals surface area (Å²) < 4.78 is 27.7. The molecule has 2 aliphatic rings. The number of benzene rings is 3. The summed E-state index contributed by atoms with van der Waals surface area (Å²) in [5.41, 5.74) is 0.873. The summed E-state index contributed by atoms with van der Waals surface area (Å²) in [5, 5.41) is 2.69. The van der Waals surface area contributed by atoms with E-state index in [2.05, 4.69) is 0 Å². The van der Waals surface area contributed by atoms with E-state index < -0.39 is 0 Å². The number of hydrogen-bond donors (Lipinski definition) is 0. The van der Waals surface area contributed by atoms with E-state index in [1.54, 1.807) is 18.2 Å². The van der Waals surface area contributed by atoms with Gasteiger partial charge in [0.05, 0.1) is 10.8 Å². The Hall–Kier alpha value is -3.41. The minimum atomic E-state index is -0.118. The molecular weight excluding hydrogens is 324 g/mol. The summed E-state index contributed by atoms with van der Waals surface area (Å²) in [5.74, 6) is 2.47. The summed E-state index contributed by atoms with van der Waals surface area (Å²) in [6.45, 7) is 0.328. The summed E-state index contributed by atoms with van der Waals surface area (Å²) in [7, 11) is 0. The molecule has 25 heavy (non-hydrogen) atoms. The molecule has 0 amide bonds. The summed E-state index contributed by atoms with van der Waals surface area (Å²) >= 11 is 0. The highest BCUT2D eigenvalue weighted by Crippen LogP contribution is 2.41. The van der Waals surface area contributed by atoms with Crippen LogP contribution in [0.15, 0.2) is 45.6 Å². The van der Waals surface area contributed by atoms with Gasteiger partial charge in [0.25, 0.3) is 0 Å². The largest absolute Gasteiger partial charge is 0.456 e. The zero-order valence-corrected chi connectivity index (χ0v) is 12.8. The van der Waals surface area contributed by atoms with Gasteiger partial charge >= 0.3 is 0 Å². The van der Waals surface area contributed by atoms with E-state index in [0.717, 1.165) is 10.8 Å². The van der Waals surface area contributed by atoms with Crippen molar-refractivity contribution >= 4 is 32.7 Å². The fourth-order valence-corrected chi connectivity index (χ4v) is 3.43. The standard InChI is InChI=1S/C19H10O6/c20-18-11-4-10-9(1-2-13-19(10)24-8-21-13)3-14(11)25-15-6-17-16(5-12(15)18)22-7-23-17/h1-6H,7-8H2. The van der Waals surface area contributed by atoms with Gasteiger partial charge in [-0.2, -0.15) is 0 Å². The van der Waals surface area contributed by atoms with E-state index in [0.29, 0.717) is 44.9 Å². The van der Waals surface area contributed by atoms with Gasteiger partial charge in [-0.3, -0.25) is 4.79 Å². The van der Waals surface area contributed by atoms with Crippen molar-refractivity contribution < 1.29 is 23.4 Å². The topological polar surface area (TPSA) is 67.1 Å². The normalized spacial score (nSPS) is 14.7. The lowest BCUT2D eigenvalue weighted by Crippen LogP contribution is -2.02. The van der Waals surface area contributed by atoms with Crippen molar-refractivity contribution in [3.63, 3.8) is 0 Å². The van der Waals surface area contributed by atoms with Crippen molar-refractivity contribution in [1.82, 2.24) is 0 Å². The molecule has 0 N–H and O–H groups in total. The summed E-state index contributed by atoms with van der Waals surface area (Å²) in [4.78, 5) is 13.0. The van der Waals surface area contributed by atoms with E-state index >= 15 is 0 Å². The zero-order valence-electron chi connectivity index (χ0n) is 12.8. The van der Waals surface area contributed by atoms with Crippen LogP contribution >= 0.6 is 0 Å². The molecule has 1 aromatic heterocycles. The van der Waals surface area contributed by atoms with Crippen LogP contribution in [-0.4, -0.2) is 13.6 Å². The van der Waals surface area contributed by atoms with Gasteiger partial charge in [0.1, 0.15) is 11.2 Å². The van der Waals surface area contributed by atoms with E-state index in [-0.39, 0.29) is 19.0 Å². The quantitative estimate of drug-likeness (QED) is 0.458. The molecule has 6 rings (SSSR count).